The highest BCUT2D eigenvalue weighted by atomic mass is 16.7. The molecule has 1 fully saturated rings. The number of nitrogens with zero attached hydrogens (tertiary/aromatic N) is 1. The second-order valence-corrected chi connectivity index (χ2v) is 18.2. The number of hydrogen-bond acceptors (Lipinski definition) is 12. The van der Waals surface area contributed by atoms with Crippen molar-refractivity contribution in [3.05, 3.63) is 83.5 Å². The summed E-state index contributed by atoms with van der Waals surface area (Å²) in [5, 5.41) is 0. The van der Waals surface area contributed by atoms with Gasteiger partial charge in [0.2, 0.25) is 0 Å². The molecule has 0 N–H and O–H groups in total. The van der Waals surface area contributed by atoms with Gasteiger partial charge in [0, 0.05) is 51.7 Å². The number of allylic oxidation sites excluding steroid dienone is 8. The van der Waals surface area contributed by atoms with Crippen molar-refractivity contribution in [3.8, 4) is 0 Å². The normalized spacial score (nSPS) is 14.6. The number of unbranched alkanes of at least 4 members (excludes halogenated alkanes) is 8. The van der Waals surface area contributed by atoms with Crippen molar-refractivity contribution in [1.29, 1.82) is 0 Å². The lowest BCUT2D eigenvalue weighted by Crippen LogP contribution is -2.37. The maximum absolute atomic E-state index is 13.2. The first kappa shape index (κ1) is 62.3. The van der Waals surface area contributed by atoms with Crippen LogP contribution in [0.5, 0.6) is 0 Å². The summed E-state index contributed by atoms with van der Waals surface area (Å²) in [5.41, 5.74) is 2.00. The first-order chi connectivity index (χ1) is 34.3. The van der Waals surface area contributed by atoms with E-state index in [1.165, 1.54) is 0 Å². The van der Waals surface area contributed by atoms with E-state index >= 15 is 0 Å². The summed E-state index contributed by atoms with van der Waals surface area (Å²) < 4.78 is 47.1. The number of piperidine rings is 1. The SMILES string of the molecule is CC/C=C\CCCCOC(CCC(=O)OCc1cc(COC(=O)CCC(OCCCC/C=C\CC)OCCCC/C=C\CC)cc(COC(=O)OCC2CCCN(CC)C2)c1)OCCCC/C=C\CC. The van der Waals surface area contributed by atoms with Gasteiger partial charge in [-0.3, -0.25) is 9.59 Å². The molecule has 0 spiro atoms. The van der Waals surface area contributed by atoms with E-state index in [1.54, 1.807) is 0 Å². The van der Waals surface area contributed by atoms with Gasteiger partial charge in [0.15, 0.2) is 12.6 Å². The Kier molecular flexibility index (Phi) is 39.1. The van der Waals surface area contributed by atoms with Crippen LogP contribution in [0.3, 0.4) is 0 Å². The van der Waals surface area contributed by atoms with Crippen LogP contribution in [0.15, 0.2) is 66.8 Å². The van der Waals surface area contributed by atoms with Gasteiger partial charge in [-0.15, -0.1) is 0 Å². The van der Waals surface area contributed by atoms with Crippen LogP contribution >= 0.6 is 0 Å². The highest BCUT2D eigenvalue weighted by Gasteiger charge is 2.21. The summed E-state index contributed by atoms with van der Waals surface area (Å²) in [6.45, 7) is 16.1. The lowest BCUT2D eigenvalue weighted by atomic mass is 9.99. The zero-order valence-electron chi connectivity index (χ0n) is 44.4. The van der Waals surface area contributed by atoms with Gasteiger partial charge in [0.25, 0.3) is 0 Å². The van der Waals surface area contributed by atoms with Gasteiger partial charge in [-0.2, -0.15) is 0 Å². The highest BCUT2D eigenvalue weighted by molar-refractivity contribution is 5.69. The molecule has 12 nitrogen and oxygen atoms in total. The van der Waals surface area contributed by atoms with Crippen LogP contribution in [0.1, 0.15) is 193 Å². The topological polar surface area (TPSA) is 128 Å². The molecule has 0 aliphatic carbocycles. The van der Waals surface area contributed by atoms with Crippen LogP contribution < -0.4 is 0 Å². The quantitative estimate of drug-likeness (QED) is 0.0203. The molecule has 0 aromatic heterocycles. The molecule has 1 heterocycles. The molecule has 70 heavy (non-hydrogen) atoms. The molecule has 1 aromatic rings. The summed E-state index contributed by atoms with van der Waals surface area (Å²) in [5.74, 6) is -0.487. The Bertz CT molecular complexity index is 1450. The van der Waals surface area contributed by atoms with Crippen LogP contribution in [0.25, 0.3) is 0 Å². The number of ether oxygens (including phenoxy) is 8. The molecule has 0 amide bonds. The molecule has 1 atom stereocenters. The molecule has 398 valence electrons. The minimum absolute atomic E-state index is 0.0171. The Hall–Kier alpha value is -3.81. The Morgan fingerprint density at radius 1 is 0.529 bits per heavy atom. The van der Waals surface area contributed by atoms with Crippen molar-refractivity contribution in [2.24, 2.45) is 5.92 Å². The minimum Gasteiger partial charge on any atom is -0.461 e. The third kappa shape index (κ3) is 34.5. The molecule has 1 aliphatic rings. The van der Waals surface area contributed by atoms with Crippen LogP contribution in [0.4, 0.5) is 4.79 Å². The van der Waals surface area contributed by atoms with E-state index in [2.05, 4.69) is 88.1 Å². The molecule has 12 heteroatoms. The number of benzene rings is 1. The first-order valence-electron chi connectivity index (χ1n) is 27.3. The van der Waals surface area contributed by atoms with Crippen molar-refractivity contribution < 1.29 is 52.3 Å². The summed E-state index contributed by atoms with van der Waals surface area (Å²) in [7, 11) is 0. The fourth-order valence-corrected chi connectivity index (χ4v) is 7.86. The number of likely N-dealkylation sites (tertiary alicyclic amines) is 1. The summed E-state index contributed by atoms with van der Waals surface area (Å²) in [6.07, 6.45) is 34.8. The number of esters is 2. The number of carbonyl (C=O) groups is 3. The van der Waals surface area contributed by atoms with Crippen LogP contribution in [-0.4, -0.2) is 88.2 Å². The van der Waals surface area contributed by atoms with Gasteiger partial charge in [-0.1, -0.05) is 83.2 Å². The predicted molar refractivity (Wildman–Crippen MR) is 280 cm³/mol. The summed E-state index contributed by atoms with van der Waals surface area (Å²) in [6, 6.07) is 5.49. The zero-order valence-corrected chi connectivity index (χ0v) is 44.4. The summed E-state index contributed by atoms with van der Waals surface area (Å²) in [4.78, 5) is 41.5. The molecule has 2 rings (SSSR count). The molecule has 1 saturated heterocycles. The van der Waals surface area contributed by atoms with E-state index in [9.17, 15) is 14.4 Å². The van der Waals surface area contributed by atoms with Crippen LogP contribution in [-0.2, 0) is 67.3 Å². The fraction of sp³-hybridized carbons (Fsp3) is 0.707. The third-order valence-corrected chi connectivity index (χ3v) is 11.8. The Balaban J connectivity index is 2.06. The molecular formula is C58H95NO11. The molecule has 1 aromatic carbocycles. The molecule has 1 aliphatic heterocycles. The molecule has 0 saturated carbocycles. The van der Waals surface area contributed by atoms with E-state index in [4.69, 9.17) is 37.9 Å². The average Bonchev–Trinajstić information content (AvgIpc) is 3.37. The van der Waals surface area contributed by atoms with Crippen LogP contribution in [0.2, 0.25) is 0 Å². The van der Waals surface area contributed by atoms with Gasteiger partial charge in [-0.25, -0.2) is 4.79 Å². The van der Waals surface area contributed by atoms with Gasteiger partial charge >= 0.3 is 18.1 Å². The van der Waals surface area contributed by atoms with E-state index < -0.39 is 18.7 Å². The lowest BCUT2D eigenvalue weighted by Gasteiger charge is -2.31. The predicted octanol–water partition coefficient (Wildman–Crippen LogP) is 14.0. The molecule has 0 radical (unpaired) electrons. The van der Waals surface area contributed by atoms with E-state index in [-0.39, 0.29) is 50.5 Å². The van der Waals surface area contributed by atoms with Crippen LogP contribution in [0, 0.1) is 5.92 Å². The van der Waals surface area contributed by atoms with Crippen molar-refractivity contribution in [2.75, 3.05) is 52.7 Å². The average molecular weight is 982 g/mol. The molecular weight excluding hydrogens is 887 g/mol. The van der Waals surface area contributed by atoms with Gasteiger partial charge < -0.3 is 42.8 Å². The van der Waals surface area contributed by atoms with Crippen molar-refractivity contribution in [2.45, 2.75) is 208 Å². The summed E-state index contributed by atoms with van der Waals surface area (Å²) >= 11 is 0. The fourth-order valence-electron chi connectivity index (χ4n) is 7.86. The van der Waals surface area contributed by atoms with E-state index in [1.807, 2.05) is 18.2 Å². The van der Waals surface area contributed by atoms with Gasteiger partial charge in [0.1, 0.15) is 19.8 Å². The van der Waals surface area contributed by atoms with Gasteiger partial charge in [-0.05, 0) is 164 Å². The van der Waals surface area contributed by atoms with E-state index in [0.717, 1.165) is 135 Å². The Labute approximate surface area is 424 Å². The number of carbonyl (C=O) groups excluding carboxylic acids is 3. The number of rotatable bonds is 43. The second-order valence-electron chi connectivity index (χ2n) is 18.2. The maximum Gasteiger partial charge on any atom is 0.508 e. The smallest absolute Gasteiger partial charge is 0.461 e. The minimum atomic E-state index is -0.736. The standard InChI is InChI=1S/C58H95NO11/c1-6-11-15-19-23-27-38-63-56(64-39-28-24-20-16-12-7-2)35-33-54(60)67-47-51-42-52(44-53(43-51)49-70-58(62)69-46-50-32-31-37-59(10-5)45-50)48-68-55(61)34-36-57(65-40-29-25-21-17-13-8-3)66-41-30-26-22-18-14-9-4/h11-18,42-44,50,56-57H,6-10,19-41,45-49H2,1-5H3/b15-11-,16-12-,17-13-,18-14-. The first-order valence-corrected chi connectivity index (χ1v) is 27.3. The Morgan fingerprint density at radius 3 is 1.29 bits per heavy atom. The molecule has 0 bridgehead atoms. The molecule has 1 unspecified atom stereocenters. The van der Waals surface area contributed by atoms with E-state index in [0.29, 0.717) is 62.6 Å². The van der Waals surface area contributed by atoms with Crippen molar-refractivity contribution in [1.82, 2.24) is 4.90 Å². The van der Waals surface area contributed by atoms with Gasteiger partial charge in [0.05, 0.1) is 19.4 Å². The monoisotopic (exact) mass is 982 g/mol. The second kappa shape index (κ2) is 43.9. The Morgan fingerprint density at radius 2 is 0.914 bits per heavy atom. The lowest BCUT2D eigenvalue weighted by molar-refractivity contribution is -0.160. The highest BCUT2D eigenvalue weighted by Crippen LogP contribution is 2.19. The number of hydrogen-bond donors (Lipinski definition) is 0. The van der Waals surface area contributed by atoms with Crippen molar-refractivity contribution in [3.63, 3.8) is 0 Å². The maximum atomic E-state index is 13.2. The zero-order chi connectivity index (χ0) is 50.5. The third-order valence-electron chi connectivity index (χ3n) is 11.8. The largest absolute Gasteiger partial charge is 0.508 e. The van der Waals surface area contributed by atoms with Crippen molar-refractivity contribution >= 4 is 18.1 Å².